The fourth-order valence-electron chi connectivity index (χ4n) is 8.66. The van der Waals surface area contributed by atoms with Gasteiger partial charge in [-0.05, 0) is 99.5 Å². The summed E-state index contributed by atoms with van der Waals surface area (Å²) in [5, 5.41) is 5.05. The third-order valence-electron chi connectivity index (χ3n) is 12.0. The number of imidazole rings is 1. The minimum Gasteiger partial charge on any atom is -0.477 e. The number of aliphatic imine (C=N–C) groups is 1. The quantitative estimate of drug-likeness (QED) is 0.152. The van der Waals surface area contributed by atoms with Gasteiger partial charge in [-0.25, -0.2) is 22.5 Å². The van der Waals surface area contributed by atoms with Gasteiger partial charge in [0.05, 0.1) is 41.4 Å². The number of aromatic nitrogens is 3. The number of anilines is 1. The number of alkyl halides is 2. The summed E-state index contributed by atoms with van der Waals surface area (Å²) in [6.07, 6.45) is 2.89. The number of imide groups is 1. The number of rotatable bonds is 7. The van der Waals surface area contributed by atoms with Gasteiger partial charge in [0.1, 0.15) is 11.6 Å². The SMILES string of the molecule is CN=C1OCCC[C@@H](C)Cn2c(nc3ccc(C(=O)N(C)C[C@H]4CCN(CCc5cc(F)c([C@H]6CCC(=O)NC6=O)c(F)c5)CC4(F)F)cc32)NC(=O)c2cc(C)nc(c2)C1=CN. The number of nitrogens with one attached hydrogen (secondary N) is 2. The van der Waals surface area contributed by atoms with E-state index >= 15 is 17.6 Å². The van der Waals surface area contributed by atoms with Crippen LogP contribution in [0.4, 0.5) is 23.5 Å². The summed E-state index contributed by atoms with van der Waals surface area (Å²) in [6.45, 7) is 4.20. The van der Waals surface area contributed by atoms with E-state index in [9.17, 15) is 19.2 Å². The Morgan fingerprint density at radius 3 is 2.52 bits per heavy atom. The standard InChI is InChI=1S/C45H51F4N9O5/c1-25-6-5-15-63-42(51-3)32(21-50)36-19-29(16-26(2)52-36)40(60)55-44-53-35-9-7-28(20-37(35)58(44)22-25)43(62)56(4)23-30-12-14-57(24-45(30,48)49)13-11-27-17-33(46)39(34(47)18-27)31-8-10-38(59)54-41(31)61/h7,9,16-21,25,30-31H,5-6,8,10-15,22-24,50H2,1-4H3,(H,53,55,60)(H,54,59,61)/t25-,30-,31-/m1/s1. The maximum atomic E-state index is 15.7. The highest BCUT2D eigenvalue weighted by molar-refractivity contribution is 6.19. The van der Waals surface area contributed by atoms with Crippen LogP contribution in [0.15, 0.2) is 53.7 Å². The number of piperidine rings is 2. The number of fused-ring (bicyclic) bond motifs is 5. The van der Waals surface area contributed by atoms with Gasteiger partial charge in [0.2, 0.25) is 23.7 Å². The molecule has 0 spiro atoms. The smallest absolute Gasteiger partial charge is 0.265 e. The Kier molecular flexibility index (Phi) is 13.3. The largest absolute Gasteiger partial charge is 0.477 e. The summed E-state index contributed by atoms with van der Waals surface area (Å²) >= 11 is 0. The number of halogens is 4. The van der Waals surface area contributed by atoms with Gasteiger partial charge in [-0.15, -0.1) is 0 Å². The van der Waals surface area contributed by atoms with Crippen LogP contribution in [0.25, 0.3) is 16.6 Å². The van der Waals surface area contributed by atoms with Crippen LogP contribution in [0.1, 0.15) is 88.2 Å². The molecule has 3 atom stereocenters. The Labute approximate surface area is 362 Å². The Morgan fingerprint density at radius 2 is 1.83 bits per heavy atom. The van der Waals surface area contributed by atoms with Crippen molar-refractivity contribution in [1.82, 2.24) is 29.7 Å². The lowest BCUT2D eigenvalue weighted by molar-refractivity contribution is -0.134. The molecular weight excluding hydrogens is 823 g/mol. The molecule has 0 radical (unpaired) electrons. The number of nitrogens with zero attached hydrogens (tertiary/aromatic N) is 6. The minimum absolute atomic E-state index is 0.0112. The average molecular weight is 874 g/mol. The first-order chi connectivity index (χ1) is 30.0. The van der Waals surface area contributed by atoms with Crippen LogP contribution in [0.5, 0.6) is 0 Å². The van der Waals surface area contributed by atoms with E-state index in [0.29, 0.717) is 59.0 Å². The highest BCUT2D eigenvalue weighted by Crippen LogP contribution is 2.35. The van der Waals surface area contributed by atoms with Gasteiger partial charge in [0.15, 0.2) is 0 Å². The molecule has 0 saturated carbocycles. The molecule has 2 saturated heterocycles. The molecule has 2 aromatic carbocycles. The van der Waals surface area contributed by atoms with Crippen molar-refractivity contribution in [3.8, 4) is 0 Å². The Balaban J connectivity index is 1.03. The predicted octanol–water partition coefficient (Wildman–Crippen LogP) is 5.84. The van der Waals surface area contributed by atoms with Crippen molar-refractivity contribution in [2.24, 2.45) is 22.6 Å². The van der Waals surface area contributed by atoms with E-state index in [0.717, 1.165) is 18.6 Å². The van der Waals surface area contributed by atoms with E-state index in [1.54, 1.807) is 44.3 Å². The fourth-order valence-corrected chi connectivity index (χ4v) is 8.66. The van der Waals surface area contributed by atoms with Crippen molar-refractivity contribution in [3.05, 3.63) is 93.9 Å². The topological polar surface area (TPSA) is 177 Å². The van der Waals surface area contributed by atoms with Gasteiger partial charge in [-0.2, -0.15) is 0 Å². The van der Waals surface area contributed by atoms with Crippen molar-refractivity contribution in [2.75, 3.05) is 52.2 Å². The molecule has 0 unspecified atom stereocenters. The molecule has 14 nitrogen and oxygen atoms in total. The van der Waals surface area contributed by atoms with Gasteiger partial charge < -0.3 is 19.9 Å². The highest BCUT2D eigenvalue weighted by Gasteiger charge is 2.45. The number of carbonyl (C=O) groups excluding carboxylic acids is 4. The summed E-state index contributed by atoms with van der Waals surface area (Å²) in [6, 6.07) is 10.4. The van der Waals surface area contributed by atoms with E-state index in [-0.39, 0.29) is 68.3 Å². The van der Waals surface area contributed by atoms with Gasteiger partial charge >= 0.3 is 0 Å². The molecule has 5 heterocycles. The van der Waals surface area contributed by atoms with Crippen LogP contribution in [0, 0.1) is 30.4 Å². The average Bonchev–Trinajstić information content (AvgIpc) is 3.56. The second-order valence-electron chi connectivity index (χ2n) is 16.7. The summed E-state index contributed by atoms with van der Waals surface area (Å²) in [4.78, 5) is 67.8. The number of hydrogen-bond donors (Lipinski definition) is 3. The van der Waals surface area contributed by atoms with Gasteiger partial charge in [-0.1, -0.05) is 6.92 Å². The highest BCUT2D eigenvalue weighted by atomic mass is 19.3. The van der Waals surface area contributed by atoms with E-state index < -0.39 is 65.1 Å². The molecule has 2 bridgehead atoms. The number of aryl methyl sites for hydroxylation is 1. The first-order valence-electron chi connectivity index (χ1n) is 21.0. The third kappa shape index (κ3) is 9.90. The zero-order valence-electron chi connectivity index (χ0n) is 35.6. The van der Waals surface area contributed by atoms with E-state index in [1.165, 1.54) is 23.0 Å². The molecule has 7 rings (SSSR count). The summed E-state index contributed by atoms with van der Waals surface area (Å²) < 4.78 is 69.5. The first-order valence-corrected chi connectivity index (χ1v) is 21.0. The van der Waals surface area contributed by atoms with Crippen LogP contribution in [-0.2, 0) is 27.3 Å². The molecule has 4 amide bonds. The van der Waals surface area contributed by atoms with Crippen LogP contribution in [-0.4, -0.2) is 107 Å². The van der Waals surface area contributed by atoms with Gasteiger partial charge in [0, 0.05) is 74.7 Å². The number of hydrogen-bond acceptors (Lipinski definition) is 10. The predicted molar refractivity (Wildman–Crippen MR) is 228 cm³/mol. The molecule has 334 valence electrons. The zero-order chi connectivity index (χ0) is 45.2. The number of amides is 4. The normalized spacial score (nSPS) is 22.5. The Morgan fingerprint density at radius 1 is 1.06 bits per heavy atom. The van der Waals surface area contributed by atoms with Crippen LogP contribution >= 0.6 is 0 Å². The Bertz CT molecular complexity index is 2480. The lowest BCUT2D eigenvalue weighted by Gasteiger charge is -2.39. The maximum Gasteiger partial charge on any atom is 0.265 e. The Hall–Kier alpha value is -6.17. The summed E-state index contributed by atoms with van der Waals surface area (Å²) in [5.74, 6) is -8.79. The molecule has 3 aliphatic rings. The van der Waals surface area contributed by atoms with Crippen molar-refractivity contribution in [2.45, 2.75) is 70.8 Å². The first kappa shape index (κ1) is 44.9. The molecule has 18 heteroatoms. The van der Waals surface area contributed by atoms with E-state index in [1.807, 2.05) is 4.57 Å². The molecule has 2 fully saturated rings. The zero-order valence-corrected chi connectivity index (χ0v) is 35.6. The lowest BCUT2D eigenvalue weighted by Crippen LogP contribution is -2.52. The molecular formula is C45H51F4N9O5. The minimum atomic E-state index is -3.17. The fraction of sp³-hybridized carbons (Fsp3) is 0.444. The third-order valence-corrected chi connectivity index (χ3v) is 12.0. The van der Waals surface area contributed by atoms with Crippen molar-refractivity contribution in [1.29, 1.82) is 0 Å². The van der Waals surface area contributed by atoms with E-state index in [2.05, 4.69) is 27.5 Å². The summed E-state index contributed by atoms with van der Waals surface area (Å²) in [5.41, 5.74) is 8.95. The van der Waals surface area contributed by atoms with Crippen molar-refractivity contribution in [3.63, 3.8) is 0 Å². The molecule has 3 aliphatic heterocycles. The number of nitrogens with two attached hydrogens (primary N) is 1. The second-order valence-corrected chi connectivity index (χ2v) is 16.7. The summed E-state index contributed by atoms with van der Waals surface area (Å²) in [7, 11) is 3.08. The van der Waals surface area contributed by atoms with Crippen LogP contribution in [0.3, 0.4) is 0 Å². The number of likely N-dealkylation sites (tertiary alicyclic amines) is 1. The molecule has 0 aliphatic carbocycles. The van der Waals surface area contributed by atoms with Crippen LogP contribution in [0.2, 0.25) is 0 Å². The van der Waals surface area contributed by atoms with Crippen LogP contribution < -0.4 is 16.4 Å². The van der Waals surface area contributed by atoms with E-state index in [4.69, 9.17) is 15.5 Å². The number of benzene rings is 2. The molecule has 4 N–H and O–H groups in total. The second kappa shape index (κ2) is 18.7. The van der Waals surface area contributed by atoms with Crippen molar-refractivity contribution >= 4 is 52.1 Å². The maximum absolute atomic E-state index is 15.7. The number of ether oxygens (including phenoxy) is 1. The van der Waals surface area contributed by atoms with Gasteiger partial charge in [0.25, 0.3) is 17.7 Å². The number of carbonyl (C=O) groups is 4. The monoisotopic (exact) mass is 873 g/mol. The van der Waals surface area contributed by atoms with Crippen molar-refractivity contribution < 1.29 is 41.5 Å². The molecule has 63 heavy (non-hydrogen) atoms. The lowest BCUT2D eigenvalue weighted by atomic mass is 9.88. The number of pyridine rings is 1. The molecule has 4 aromatic rings. The molecule has 2 aromatic heterocycles. The van der Waals surface area contributed by atoms with Gasteiger partial charge in [-0.3, -0.25) is 44.7 Å².